The predicted molar refractivity (Wildman–Crippen MR) is 92.9 cm³/mol. The van der Waals surface area contributed by atoms with Crippen LogP contribution in [0.5, 0.6) is 0 Å². The molecule has 140 valence electrons. The zero-order valence-corrected chi connectivity index (χ0v) is 15.6. The first-order valence-electron chi connectivity index (χ1n) is 7.80. The summed E-state index contributed by atoms with van der Waals surface area (Å²) in [7, 11) is -2.36. The number of hydrogen-bond acceptors (Lipinski definition) is 7. The third-order valence-electron chi connectivity index (χ3n) is 4.11. The Hall–Kier alpha value is -2.49. The fraction of sp³-hybridized carbons (Fsp3) is 0.438. The molecule has 0 fully saturated rings. The van der Waals surface area contributed by atoms with Crippen LogP contribution in [-0.4, -0.2) is 37.2 Å². The van der Waals surface area contributed by atoms with Gasteiger partial charge in [-0.2, -0.15) is 0 Å². The van der Waals surface area contributed by atoms with E-state index in [1.807, 2.05) is 0 Å². The molecule has 8 nitrogen and oxygen atoms in total. The number of amides is 1. The Morgan fingerprint density at radius 3 is 2.65 bits per heavy atom. The summed E-state index contributed by atoms with van der Waals surface area (Å²) in [6.07, 6.45) is 0.151. The van der Waals surface area contributed by atoms with E-state index in [9.17, 15) is 17.6 Å². The van der Waals surface area contributed by atoms with E-state index >= 15 is 0 Å². The second-order valence-electron chi connectivity index (χ2n) is 6.78. The molecule has 0 bridgehead atoms. The highest BCUT2D eigenvalue weighted by atomic mass is 32.2. The van der Waals surface area contributed by atoms with E-state index in [0.29, 0.717) is 5.39 Å². The Kier molecular flexibility index (Phi) is 4.26. The molecule has 0 spiro atoms. The fourth-order valence-corrected chi connectivity index (χ4v) is 4.02. The largest absolute Gasteiger partial charge is 0.389 e. The maximum Gasteiger partial charge on any atom is 0.223 e. The van der Waals surface area contributed by atoms with Crippen LogP contribution in [0.3, 0.4) is 0 Å². The van der Waals surface area contributed by atoms with Gasteiger partial charge in [-0.1, -0.05) is 10.3 Å². The van der Waals surface area contributed by atoms with Crippen molar-refractivity contribution in [3.05, 3.63) is 23.6 Å². The normalized spacial score (nSPS) is 16.4. The molecule has 0 unspecified atom stereocenters. The SMILES string of the molecule is CC(=O)N(C)c1cc2c(CS(=O)(=O)C3=NOC(C)(C)C3)noc2cc1F. The van der Waals surface area contributed by atoms with Gasteiger partial charge in [-0.05, 0) is 19.9 Å². The molecule has 0 saturated heterocycles. The van der Waals surface area contributed by atoms with Crippen molar-refractivity contribution in [2.75, 3.05) is 11.9 Å². The molecule has 2 heterocycles. The molecule has 1 aliphatic rings. The molecule has 0 atom stereocenters. The van der Waals surface area contributed by atoms with Gasteiger partial charge in [0.05, 0.1) is 5.69 Å². The lowest BCUT2D eigenvalue weighted by Gasteiger charge is -2.15. The van der Waals surface area contributed by atoms with Crippen molar-refractivity contribution in [3.8, 4) is 0 Å². The standard InChI is InChI=1S/C16H18FN3O5S/c1-9(21)20(4)13-5-10-12(18-24-14(10)6-11(13)17)8-26(22,23)15-7-16(2,3)25-19-15/h5-6H,7-8H2,1-4H3. The maximum absolute atomic E-state index is 14.2. The molecule has 0 radical (unpaired) electrons. The van der Waals surface area contributed by atoms with Gasteiger partial charge >= 0.3 is 0 Å². The van der Waals surface area contributed by atoms with Gasteiger partial charge in [0.15, 0.2) is 16.4 Å². The molecule has 0 saturated carbocycles. The lowest BCUT2D eigenvalue weighted by molar-refractivity contribution is -0.116. The average molecular weight is 383 g/mol. The lowest BCUT2D eigenvalue weighted by atomic mass is 10.1. The van der Waals surface area contributed by atoms with Gasteiger partial charge < -0.3 is 14.3 Å². The molecule has 1 aliphatic heterocycles. The first-order chi connectivity index (χ1) is 12.0. The molecule has 10 heteroatoms. The third-order valence-corrected chi connectivity index (χ3v) is 5.70. The van der Waals surface area contributed by atoms with Gasteiger partial charge in [0.2, 0.25) is 15.7 Å². The maximum atomic E-state index is 14.2. The van der Waals surface area contributed by atoms with Crippen molar-refractivity contribution in [1.29, 1.82) is 0 Å². The Morgan fingerprint density at radius 2 is 2.08 bits per heavy atom. The first kappa shape index (κ1) is 18.3. The van der Waals surface area contributed by atoms with Gasteiger partial charge in [-0.3, -0.25) is 4.79 Å². The molecular weight excluding hydrogens is 365 g/mol. The fourth-order valence-electron chi connectivity index (χ4n) is 2.56. The van der Waals surface area contributed by atoms with Crippen LogP contribution in [0.15, 0.2) is 21.8 Å². The topological polar surface area (TPSA) is 102 Å². The van der Waals surface area contributed by atoms with Crippen LogP contribution in [0.2, 0.25) is 0 Å². The van der Waals surface area contributed by atoms with Gasteiger partial charge in [0, 0.05) is 31.8 Å². The summed E-state index contributed by atoms with van der Waals surface area (Å²) in [4.78, 5) is 17.7. The van der Waals surface area contributed by atoms with Crippen LogP contribution < -0.4 is 4.90 Å². The monoisotopic (exact) mass is 383 g/mol. The van der Waals surface area contributed by atoms with Crippen LogP contribution >= 0.6 is 0 Å². The van der Waals surface area contributed by atoms with E-state index in [1.165, 1.54) is 20.0 Å². The summed E-state index contributed by atoms with van der Waals surface area (Å²) in [5.41, 5.74) is -0.465. The minimum atomic E-state index is -3.78. The number of carbonyl (C=O) groups is 1. The van der Waals surface area contributed by atoms with Gasteiger partial charge in [-0.15, -0.1) is 0 Å². The summed E-state index contributed by atoms with van der Waals surface area (Å²) >= 11 is 0. The van der Waals surface area contributed by atoms with Crippen LogP contribution in [0, 0.1) is 5.82 Å². The molecule has 26 heavy (non-hydrogen) atoms. The molecule has 1 aromatic carbocycles. The summed E-state index contributed by atoms with van der Waals surface area (Å²) in [6.45, 7) is 4.76. The Balaban J connectivity index is 1.99. The Morgan fingerprint density at radius 1 is 1.38 bits per heavy atom. The van der Waals surface area contributed by atoms with E-state index in [1.54, 1.807) is 13.8 Å². The summed E-state index contributed by atoms with van der Waals surface area (Å²) < 4.78 is 44.4. The van der Waals surface area contributed by atoms with E-state index in [2.05, 4.69) is 10.3 Å². The second kappa shape index (κ2) is 6.04. The minimum Gasteiger partial charge on any atom is -0.389 e. The van der Waals surface area contributed by atoms with Crippen molar-refractivity contribution in [2.24, 2.45) is 5.16 Å². The van der Waals surface area contributed by atoms with Crippen LogP contribution in [0.1, 0.15) is 32.9 Å². The van der Waals surface area contributed by atoms with E-state index in [4.69, 9.17) is 9.36 Å². The summed E-state index contributed by atoms with van der Waals surface area (Å²) in [5, 5.41) is 7.66. The number of sulfone groups is 1. The molecular formula is C16H18FN3O5S. The molecule has 1 aromatic heterocycles. The zero-order valence-electron chi connectivity index (χ0n) is 14.7. The predicted octanol–water partition coefficient (Wildman–Crippen LogP) is 2.38. The van der Waals surface area contributed by atoms with Crippen molar-refractivity contribution >= 4 is 37.4 Å². The lowest BCUT2D eigenvalue weighted by Crippen LogP contribution is -2.24. The van der Waals surface area contributed by atoms with E-state index < -0.39 is 27.0 Å². The number of benzene rings is 1. The number of nitrogens with zero attached hydrogens (tertiary/aromatic N) is 3. The highest BCUT2D eigenvalue weighted by molar-refractivity contribution is 8.05. The van der Waals surface area contributed by atoms with E-state index in [-0.39, 0.29) is 34.3 Å². The van der Waals surface area contributed by atoms with Crippen molar-refractivity contribution in [1.82, 2.24) is 5.16 Å². The number of carbonyl (C=O) groups excluding carboxylic acids is 1. The van der Waals surface area contributed by atoms with Crippen LogP contribution in [-0.2, 0) is 25.2 Å². The van der Waals surface area contributed by atoms with Crippen molar-refractivity contribution < 1.29 is 27.0 Å². The first-order valence-corrected chi connectivity index (χ1v) is 9.45. The highest BCUT2D eigenvalue weighted by Crippen LogP contribution is 2.30. The number of halogens is 1. The molecule has 0 N–H and O–H groups in total. The average Bonchev–Trinajstić information content (AvgIpc) is 3.09. The number of rotatable bonds is 3. The highest BCUT2D eigenvalue weighted by Gasteiger charge is 2.36. The number of hydrogen-bond donors (Lipinski definition) is 0. The number of oxime groups is 1. The molecule has 1 amide bonds. The van der Waals surface area contributed by atoms with E-state index in [0.717, 1.165) is 11.0 Å². The van der Waals surface area contributed by atoms with Gasteiger partial charge in [0.1, 0.15) is 17.0 Å². The Labute approximate surface area is 149 Å². The number of aromatic nitrogens is 1. The van der Waals surface area contributed by atoms with Gasteiger partial charge in [-0.25, -0.2) is 12.8 Å². The second-order valence-corrected chi connectivity index (χ2v) is 8.77. The Bertz CT molecular complexity index is 1030. The van der Waals surface area contributed by atoms with Crippen molar-refractivity contribution in [2.45, 2.75) is 38.5 Å². The zero-order chi connectivity index (χ0) is 19.3. The summed E-state index contributed by atoms with van der Waals surface area (Å²) in [5.74, 6) is -1.50. The smallest absolute Gasteiger partial charge is 0.223 e. The molecule has 3 rings (SSSR count). The molecule has 0 aliphatic carbocycles. The molecule has 2 aromatic rings. The quantitative estimate of drug-likeness (QED) is 0.806. The number of anilines is 1. The van der Waals surface area contributed by atoms with Gasteiger partial charge in [0.25, 0.3) is 0 Å². The number of fused-ring (bicyclic) bond motifs is 1. The summed E-state index contributed by atoms with van der Waals surface area (Å²) in [6, 6.07) is 2.43. The van der Waals surface area contributed by atoms with Crippen molar-refractivity contribution in [3.63, 3.8) is 0 Å². The van der Waals surface area contributed by atoms with Crippen LogP contribution in [0.25, 0.3) is 11.0 Å². The minimum absolute atomic E-state index is 0.00882. The third kappa shape index (κ3) is 3.28. The van der Waals surface area contributed by atoms with Crippen LogP contribution in [0.4, 0.5) is 10.1 Å².